The van der Waals surface area contributed by atoms with Crippen molar-refractivity contribution in [3.8, 4) is 5.75 Å². The van der Waals surface area contributed by atoms with Crippen molar-refractivity contribution in [3.63, 3.8) is 0 Å². The summed E-state index contributed by atoms with van der Waals surface area (Å²) in [4.78, 5) is 24.0. The molecule has 0 unspecified atom stereocenters. The van der Waals surface area contributed by atoms with Gasteiger partial charge in [-0.1, -0.05) is 6.92 Å². The predicted octanol–water partition coefficient (Wildman–Crippen LogP) is 1.41. The van der Waals surface area contributed by atoms with Crippen molar-refractivity contribution in [1.29, 1.82) is 0 Å². The number of rotatable bonds is 5. The van der Waals surface area contributed by atoms with Crippen LogP contribution in [-0.2, 0) is 11.3 Å². The maximum Gasteiger partial charge on any atom is 0.336 e. The Hall–Kier alpha value is -2.34. The van der Waals surface area contributed by atoms with E-state index in [1.165, 1.54) is 18.2 Å². The lowest BCUT2D eigenvalue weighted by Crippen LogP contribution is -2.29. The molecule has 1 heterocycles. The Morgan fingerprint density at radius 3 is 2.75 bits per heavy atom. The molecule has 1 aromatic carbocycles. The van der Waals surface area contributed by atoms with Crippen LogP contribution in [0.1, 0.15) is 12.5 Å². The summed E-state index contributed by atoms with van der Waals surface area (Å²) in [5, 5.41) is 18.9. The fourth-order valence-electron chi connectivity index (χ4n) is 2.06. The van der Waals surface area contributed by atoms with Gasteiger partial charge in [-0.2, -0.15) is 0 Å². The first kappa shape index (κ1) is 14.1. The number of likely N-dealkylation sites (N-methyl/N-ethyl adjacent to an activating group) is 1. The lowest BCUT2D eigenvalue weighted by Gasteiger charge is -2.18. The van der Waals surface area contributed by atoms with Gasteiger partial charge in [0.1, 0.15) is 11.3 Å². The number of hydrogen-bond acceptors (Lipinski definition) is 5. The standard InChI is InChI=1S/C14H15NO5/c1-2-15(8-13(17)18)7-9-5-14(19)20-12-6-10(16)3-4-11(9)12/h3-6,16H,2,7-8H2,1H3,(H,17,18). The zero-order valence-corrected chi connectivity index (χ0v) is 11.0. The Morgan fingerprint density at radius 2 is 2.10 bits per heavy atom. The summed E-state index contributed by atoms with van der Waals surface area (Å²) in [6.45, 7) is 2.63. The van der Waals surface area contributed by atoms with Gasteiger partial charge in [-0.25, -0.2) is 4.79 Å². The lowest BCUT2D eigenvalue weighted by atomic mass is 10.1. The number of carbonyl (C=O) groups is 1. The molecule has 6 nitrogen and oxygen atoms in total. The second-order valence-corrected chi connectivity index (χ2v) is 4.47. The Kier molecular flexibility index (Phi) is 4.05. The molecule has 0 aliphatic carbocycles. The van der Waals surface area contributed by atoms with Crippen LogP contribution in [0.25, 0.3) is 11.0 Å². The summed E-state index contributed by atoms with van der Waals surface area (Å²) < 4.78 is 5.03. The van der Waals surface area contributed by atoms with E-state index in [4.69, 9.17) is 9.52 Å². The van der Waals surface area contributed by atoms with E-state index < -0.39 is 11.6 Å². The minimum Gasteiger partial charge on any atom is -0.508 e. The molecule has 2 aromatic rings. The van der Waals surface area contributed by atoms with E-state index in [0.29, 0.717) is 29.6 Å². The van der Waals surface area contributed by atoms with Crippen molar-refractivity contribution in [2.75, 3.05) is 13.1 Å². The molecule has 2 N–H and O–H groups in total. The van der Waals surface area contributed by atoms with E-state index >= 15 is 0 Å². The van der Waals surface area contributed by atoms with Crippen LogP contribution in [0.5, 0.6) is 5.75 Å². The number of aliphatic carboxylic acids is 1. The van der Waals surface area contributed by atoms with E-state index in [0.717, 1.165) is 0 Å². The largest absolute Gasteiger partial charge is 0.508 e. The Balaban J connectivity index is 2.42. The molecule has 0 bridgehead atoms. The van der Waals surface area contributed by atoms with Gasteiger partial charge in [-0.05, 0) is 24.2 Å². The van der Waals surface area contributed by atoms with Crippen molar-refractivity contribution in [2.24, 2.45) is 0 Å². The van der Waals surface area contributed by atoms with Crippen LogP contribution in [0.2, 0.25) is 0 Å². The van der Waals surface area contributed by atoms with E-state index in [1.54, 1.807) is 11.0 Å². The molecule has 6 heteroatoms. The molecule has 0 amide bonds. The van der Waals surface area contributed by atoms with Crippen LogP contribution < -0.4 is 5.63 Å². The normalized spacial score (nSPS) is 11.1. The van der Waals surface area contributed by atoms with Gasteiger partial charge in [-0.3, -0.25) is 9.69 Å². The summed E-state index contributed by atoms with van der Waals surface area (Å²) >= 11 is 0. The van der Waals surface area contributed by atoms with Gasteiger partial charge < -0.3 is 14.6 Å². The smallest absolute Gasteiger partial charge is 0.336 e. The third-order valence-corrected chi connectivity index (χ3v) is 3.01. The number of carboxylic acid groups (broad SMARTS) is 1. The van der Waals surface area contributed by atoms with Crippen molar-refractivity contribution in [1.82, 2.24) is 4.90 Å². The fraction of sp³-hybridized carbons (Fsp3) is 0.286. The molecule has 0 spiro atoms. The maximum atomic E-state index is 11.5. The molecule has 0 aliphatic heterocycles. The molecule has 1 aromatic heterocycles. The van der Waals surface area contributed by atoms with Gasteiger partial charge in [0.25, 0.3) is 0 Å². The highest BCUT2D eigenvalue weighted by Crippen LogP contribution is 2.22. The van der Waals surface area contributed by atoms with Crippen LogP contribution in [0.4, 0.5) is 0 Å². The first-order valence-electron chi connectivity index (χ1n) is 6.19. The summed E-state index contributed by atoms with van der Waals surface area (Å²) in [6.07, 6.45) is 0. The van der Waals surface area contributed by atoms with E-state index in [-0.39, 0.29) is 12.3 Å². The highest BCUT2D eigenvalue weighted by molar-refractivity contribution is 5.81. The predicted molar refractivity (Wildman–Crippen MR) is 72.7 cm³/mol. The number of carboxylic acids is 1. The molecule has 0 atom stereocenters. The van der Waals surface area contributed by atoms with Crippen LogP contribution in [0.3, 0.4) is 0 Å². The number of phenols is 1. The monoisotopic (exact) mass is 277 g/mol. The number of benzene rings is 1. The maximum absolute atomic E-state index is 11.5. The molecule has 20 heavy (non-hydrogen) atoms. The van der Waals surface area contributed by atoms with Gasteiger partial charge in [0.2, 0.25) is 0 Å². The Morgan fingerprint density at radius 1 is 1.35 bits per heavy atom. The first-order chi connectivity index (χ1) is 9.49. The van der Waals surface area contributed by atoms with Crippen molar-refractivity contribution in [2.45, 2.75) is 13.5 Å². The van der Waals surface area contributed by atoms with Crippen molar-refractivity contribution in [3.05, 3.63) is 40.2 Å². The van der Waals surface area contributed by atoms with Gasteiger partial charge in [0, 0.05) is 24.1 Å². The zero-order chi connectivity index (χ0) is 14.7. The number of hydrogen-bond donors (Lipinski definition) is 2. The number of fused-ring (bicyclic) bond motifs is 1. The van der Waals surface area contributed by atoms with Gasteiger partial charge >= 0.3 is 11.6 Å². The van der Waals surface area contributed by atoms with Crippen LogP contribution in [-0.4, -0.2) is 34.2 Å². The highest BCUT2D eigenvalue weighted by Gasteiger charge is 2.12. The lowest BCUT2D eigenvalue weighted by molar-refractivity contribution is -0.138. The molecule has 0 aliphatic rings. The van der Waals surface area contributed by atoms with Crippen LogP contribution in [0, 0.1) is 0 Å². The number of phenolic OH excluding ortho intramolecular Hbond substituents is 1. The molecule has 0 saturated carbocycles. The third kappa shape index (κ3) is 3.16. The summed E-state index contributed by atoms with van der Waals surface area (Å²) in [7, 11) is 0. The second-order valence-electron chi connectivity index (χ2n) is 4.47. The zero-order valence-electron chi connectivity index (χ0n) is 11.0. The molecule has 2 rings (SSSR count). The summed E-state index contributed by atoms with van der Waals surface area (Å²) in [6, 6.07) is 5.87. The molecule has 0 radical (unpaired) electrons. The SMILES string of the molecule is CCN(CC(=O)O)Cc1cc(=O)oc2cc(O)ccc12. The first-order valence-corrected chi connectivity index (χ1v) is 6.19. The Bertz CT molecular complexity index is 692. The topological polar surface area (TPSA) is 91.0 Å². The highest BCUT2D eigenvalue weighted by atomic mass is 16.4. The molecular weight excluding hydrogens is 262 g/mol. The minimum absolute atomic E-state index is 0.00989. The quantitative estimate of drug-likeness (QED) is 0.803. The summed E-state index contributed by atoms with van der Waals surface area (Å²) in [5.41, 5.74) is 0.447. The molecule has 106 valence electrons. The second kappa shape index (κ2) is 5.75. The molecule has 0 saturated heterocycles. The molecular formula is C14H15NO5. The van der Waals surface area contributed by atoms with Gasteiger partial charge in [0.05, 0.1) is 6.54 Å². The average Bonchev–Trinajstić information content (AvgIpc) is 2.36. The summed E-state index contributed by atoms with van der Waals surface area (Å²) in [5.74, 6) is -0.910. The number of nitrogens with zero attached hydrogens (tertiary/aromatic N) is 1. The number of aromatic hydroxyl groups is 1. The van der Waals surface area contributed by atoms with E-state index in [1.807, 2.05) is 6.92 Å². The Labute approximate surface area is 114 Å². The third-order valence-electron chi connectivity index (χ3n) is 3.01. The van der Waals surface area contributed by atoms with Crippen LogP contribution >= 0.6 is 0 Å². The van der Waals surface area contributed by atoms with Crippen molar-refractivity contribution >= 4 is 16.9 Å². The minimum atomic E-state index is -0.920. The van der Waals surface area contributed by atoms with E-state index in [2.05, 4.69) is 0 Å². The van der Waals surface area contributed by atoms with Gasteiger partial charge in [0.15, 0.2) is 0 Å². The van der Waals surface area contributed by atoms with E-state index in [9.17, 15) is 14.7 Å². The van der Waals surface area contributed by atoms with Crippen molar-refractivity contribution < 1.29 is 19.4 Å². The fourth-order valence-corrected chi connectivity index (χ4v) is 2.06. The average molecular weight is 277 g/mol. The molecule has 0 fully saturated rings. The van der Waals surface area contributed by atoms with Crippen LogP contribution in [0.15, 0.2) is 33.5 Å². The van der Waals surface area contributed by atoms with Gasteiger partial charge in [-0.15, -0.1) is 0 Å².